The molecule has 5 heteroatoms. The third-order valence-corrected chi connectivity index (χ3v) is 3.33. The van der Waals surface area contributed by atoms with Crippen LogP contribution >= 0.6 is 0 Å². The van der Waals surface area contributed by atoms with Gasteiger partial charge in [-0.2, -0.15) is 0 Å². The third-order valence-electron chi connectivity index (χ3n) is 3.33. The Morgan fingerprint density at radius 2 is 2.00 bits per heavy atom. The van der Waals surface area contributed by atoms with Gasteiger partial charge in [0.25, 0.3) is 0 Å². The summed E-state index contributed by atoms with van der Waals surface area (Å²) in [5.41, 5.74) is 2.12. The maximum atomic E-state index is 5.62. The molecule has 114 valence electrons. The van der Waals surface area contributed by atoms with Crippen molar-refractivity contribution in [3.8, 4) is 6.01 Å². The lowest BCUT2D eigenvalue weighted by molar-refractivity contribution is 0.212. The van der Waals surface area contributed by atoms with E-state index in [4.69, 9.17) is 4.74 Å². The topological polar surface area (TPSA) is 50.3 Å². The van der Waals surface area contributed by atoms with E-state index in [0.717, 1.165) is 50.4 Å². The van der Waals surface area contributed by atoms with E-state index in [-0.39, 0.29) is 0 Å². The van der Waals surface area contributed by atoms with Gasteiger partial charge in [-0.3, -0.25) is 0 Å². The molecule has 0 radical (unpaired) electrons. The molecular formula is C15H28N4O. The van der Waals surface area contributed by atoms with Crippen LogP contribution in [-0.2, 0) is 6.54 Å². The van der Waals surface area contributed by atoms with E-state index in [1.165, 1.54) is 0 Å². The first-order valence-electron chi connectivity index (χ1n) is 7.59. The Hall–Kier alpha value is -1.20. The van der Waals surface area contributed by atoms with Crippen molar-refractivity contribution in [2.24, 2.45) is 0 Å². The van der Waals surface area contributed by atoms with Crippen molar-refractivity contribution in [1.82, 2.24) is 20.2 Å². The molecule has 0 unspecified atom stereocenters. The van der Waals surface area contributed by atoms with E-state index in [9.17, 15) is 0 Å². The second kappa shape index (κ2) is 9.66. The van der Waals surface area contributed by atoms with Crippen molar-refractivity contribution in [2.75, 3.05) is 32.8 Å². The summed E-state index contributed by atoms with van der Waals surface area (Å²) in [6.07, 6.45) is 2.99. The number of likely N-dealkylation sites (N-methyl/N-ethyl adjacent to an activating group) is 1. The van der Waals surface area contributed by atoms with E-state index in [2.05, 4.69) is 41.0 Å². The van der Waals surface area contributed by atoms with Gasteiger partial charge in [0, 0.05) is 30.5 Å². The molecule has 0 fully saturated rings. The summed E-state index contributed by atoms with van der Waals surface area (Å²) in [6.45, 7) is 13.9. The highest BCUT2D eigenvalue weighted by molar-refractivity contribution is 5.17. The fourth-order valence-electron chi connectivity index (χ4n) is 1.92. The van der Waals surface area contributed by atoms with Crippen molar-refractivity contribution in [1.29, 1.82) is 0 Å². The van der Waals surface area contributed by atoms with E-state index < -0.39 is 0 Å². The standard InChI is InChI=1S/C15H28N4O/c1-5-8-16-11-14-12-17-15(18-13(14)4)20-10-9-19(6-2)7-3/h12,16H,5-11H2,1-4H3. The second-order valence-corrected chi connectivity index (χ2v) is 4.82. The van der Waals surface area contributed by atoms with E-state index >= 15 is 0 Å². The molecule has 0 aliphatic heterocycles. The van der Waals surface area contributed by atoms with Gasteiger partial charge in [-0.15, -0.1) is 0 Å². The van der Waals surface area contributed by atoms with Crippen molar-refractivity contribution in [2.45, 2.75) is 40.7 Å². The summed E-state index contributed by atoms with van der Waals surface area (Å²) < 4.78 is 5.62. The molecule has 0 aliphatic carbocycles. The Bertz CT molecular complexity index is 380. The maximum absolute atomic E-state index is 5.62. The van der Waals surface area contributed by atoms with Crippen molar-refractivity contribution in [3.05, 3.63) is 17.5 Å². The van der Waals surface area contributed by atoms with Gasteiger partial charge in [-0.25, -0.2) is 9.97 Å². The SMILES string of the molecule is CCCNCc1cnc(OCCN(CC)CC)nc1C. The highest BCUT2D eigenvalue weighted by Gasteiger charge is 2.05. The number of nitrogens with one attached hydrogen (secondary N) is 1. The summed E-state index contributed by atoms with van der Waals surface area (Å²) in [4.78, 5) is 11.0. The van der Waals surface area contributed by atoms with Gasteiger partial charge in [0.1, 0.15) is 6.61 Å². The van der Waals surface area contributed by atoms with E-state index in [1.807, 2.05) is 13.1 Å². The zero-order valence-electron chi connectivity index (χ0n) is 13.3. The predicted octanol–water partition coefficient (Wildman–Crippen LogP) is 2.01. The molecule has 1 aromatic rings. The minimum Gasteiger partial charge on any atom is -0.462 e. The van der Waals surface area contributed by atoms with E-state index in [1.54, 1.807) is 0 Å². The summed E-state index contributed by atoms with van der Waals surface area (Å²) in [5.74, 6) is 0. The first-order valence-corrected chi connectivity index (χ1v) is 7.59. The fraction of sp³-hybridized carbons (Fsp3) is 0.733. The van der Waals surface area contributed by atoms with Gasteiger partial charge in [0.15, 0.2) is 0 Å². The van der Waals surface area contributed by atoms with Crippen LogP contribution < -0.4 is 10.1 Å². The van der Waals surface area contributed by atoms with Gasteiger partial charge in [0.2, 0.25) is 0 Å². The van der Waals surface area contributed by atoms with Crippen LogP contribution in [-0.4, -0.2) is 47.7 Å². The second-order valence-electron chi connectivity index (χ2n) is 4.82. The van der Waals surface area contributed by atoms with Crippen molar-refractivity contribution >= 4 is 0 Å². The lowest BCUT2D eigenvalue weighted by Gasteiger charge is -2.17. The molecular weight excluding hydrogens is 252 g/mol. The van der Waals surface area contributed by atoms with Crippen LogP contribution in [0.1, 0.15) is 38.4 Å². The fourth-order valence-corrected chi connectivity index (χ4v) is 1.92. The highest BCUT2D eigenvalue weighted by atomic mass is 16.5. The van der Waals surface area contributed by atoms with Crippen LogP contribution in [0, 0.1) is 6.92 Å². The monoisotopic (exact) mass is 280 g/mol. The molecule has 0 atom stereocenters. The summed E-state index contributed by atoms with van der Waals surface area (Å²) in [7, 11) is 0. The van der Waals surface area contributed by atoms with E-state index in [0.29, 0.717) is 12.6 Å². The zero-order chi connectivity index (χ0) is 14.8. The molecule has 5 nitrogen and oxygen atoms in total. The number of aromatic nitrogens is 2. The smallest absolute Gasteiger partial charge is 0.316 e. The molecule has 0 amide bonds. The molecule has 1 rings (SSSR count). The number of hydrogen-bond donors (Lipinski definition) is 1. The molecule has 0 saturated heterocycles. The number of hydrogen-bond acceptors (Lipinski definition) is 5. The first-order chi connectivity index (χ1) is 9.71. The minimum absolute atomic E-state index is 0.480. The number of nitrogens with zero attached hydrogens (tertiary/aromatic N) is 3. The van der Waals surface area contributed by atoms with Crippen LogP contribution in [0.2, 0.25) is 0 Å². The zero-order valence-corrected chi connectivity index (χ0v) is 13.3. The van der Waals surface area contributed by atoms with Crippen LogP contribution in [0.25, 0.3) is 0 Å². The Morgan fingerprint density at radius 1 is 1.25 bits per heavy atom. The maximum Gasteiger partial charge on any atom is 0.316 e. The van der Waals surface area contributed by atoms with Gasteiger partial charge in [0.05, 0.1) is 0 Å². The molecule has 0 aromatic carbocycles. The molecule has 1 N–H and O–H groups in total. The largest absolute Gasteiger partial charge is 0.462 e. The van der Waals surface area contributed by atoms with Crippen LogP contribution in [0.15, 0.2) is 6.20 Å². The van der Waals surface area contributed by atoms with Gasteiger partial charge in [-0.05, 0) is 33.0 Å². The quantitative estimate of drug-likeness (QED) is 0.664. The minimum atomic E-state index is 0.480. The van der Waals surface area contributed by atoms with Crippen LogP contribution in [0.5, 0.6) is 6.01 Å². The Morgan fingerprint density at radius 3 is 2.60 bits per heavy atom. The summed E-state index contributed by atoms with van der Waals surface area (Å²) >= 11 is 0. The molecule has 0 spiro atoms. The van der Waals surface area contributed by atoms with Gasteiger partial charge >= 0.3 is 6.01 Å². The number of aryl methyl sites for hydroxylation is 1. The first kappa shape index (κ1) is 16.9. The molecule has 1 heterocycles. The molecule has 0 bridgehead atoms. The number of ether oxygens (including phenoxy) is 1. The third kappa shape index (κ3) is 5.84. The van der Waals surface area contributed by atoms with Gasteiger partial charge < -0.3 is 15.0 Å². The molecule has 20 heavy (non-hydrogen) atoms. The van der Waals surface area contributed by atoms with Crippen molar-refractivity contribution < 1.29 is 4.74 Å². The average molecular weight is 280 g/mol. The normalized spacial score (nSPS) is 11.1. The Labute approximate surface area is 122 Å². The number of rotatable bonds is 10. The molecule has 0 aliphatic rings. The van der Waals surface area contributed by atoms with Gasteiger partial charge in [-0.1, -0.05) is 20.8 Å². The Kier molecular flexibility index (Phi) is 8.14. The molecule has 1 aromatic heterocycles. The summed E-state index contributed by atoms with van der Waals surface area (Å²) in [5, 5.41) is 3.36. The summed E-state index contributed by atoms with van der Waals surface area (Å²) in [6, 6.07) is 0.480. The predicted molar refractivity (Wildman–Crippen MR) is 82.0 cm³/mol. The lowest BCUT2D eigenvalue weighted by Crippen LogP contribution is -2.28. The average Bonchev–Trinajstić information content (AvgIpc) is 2.46. The van der Waals surface area contributed by atoms with Crippen LogP contribution in [0.4, 0.5) is 0 Å². The highest BCUT2D eigenvalue weighted by Crippen LogP contribution is 2.08. The van der Waals surface area contributed by atoms with Crippen molar-refractivity contribution in [3.63, 3.8) is 0 Å². The molecule has 0 saturated carbocycles. The van der Waals surface area contributed by atoms with Crippen LogP contribution in [0.3, 0.4) is 0 Å². The Balaban J connectivity index is 2.42. The lowest BCUT2D eigenvalue weighted by atomic mass is 10.2.